The van der Waals surface area contributed by atoms with Crippen molar-refractivity contribution < 1.29 is 23.8 Å². The van der Waals surface area contributed by atoms with Crippen LogP contribution < -0.4 is 10.6 Å². The molecule has 2 fully saturated rings. The molecule has 5 unspecified atom stereocenters. The summed E-state index contributed by atoms with van der Waals surface area (Å²) in [5.41, 5.74) is 6.55. The van der Waals surface area contributed by atoms with Crippen molar-refractivity contribution in [1.29, 1.82) is 0 Å². The molecule has 2 aliphatic rings. The maximum atomic E-state index is 11.7. The van der Waals surface area contributed by atoms with Gasteiger partial charge in [-0.25, -0.2) is 15.0 Å². The predicted octanol–water partition coefficient (Wildman–Crippen LogP) is -1.33. The topological polar surface area (TPSA) is 141 Å². The lowest BCUT2D eigenvalue weighted by Crippen LogP contribution is -2.40. The Balaban J connectivity index is 1.71. The third kappa shape index (κ3) is 2.14. The van der Waals surface area contributed by atoms with Gasteiger partial charge in [-0.2, -0.15) is 0 Å². The lowest BCUT2D eigenvalue weighted by Gasteiger charge is -2.38. The second-order valence-corrected chi connectivity index (χ2v) is 7.66. The summed E-state index contributed by atoms with van der Waals surface area (Å²) in [5, 5.41) is 10.4. The Bertz CT molecular complexity index is 786. The molecular formula is C10H11N5O5PS-. The predicted molar refractivity (Wildman–Crippen MR) is 74.8 cm³/mol. The van der Waals surface area contributed by atoms with Crippen LogP contribution in [0.2, 0.25) is 0 Å². The Hall–Kier alpha value is -1.20. The van der Waals surface area contributed by atoms with Gasteiger partial charge in [-0.05, 0) is 0 Å². The van der Waals surface area contributed by atoms with Crippen LogP contribution in [0.1, 0.15) is 6.23 Å². The zero-order chi connectivity index (χ0) is 15.5. The van der Waals surface area contributed by atoms with E-state index in [1.165, 1.54) is 17.2 Å². The van der Waals surface area contributed by atoms with Gasteiger partial charge < -0.3 is 29.5 Å². The summed E-state index contributed by atoms with van der Waals surface area (Å²) in [4.78, 5) is 23.8. The zero-order valence-corrected chi connectivity index (χ0v) is 12.7. The van der Waals surface area contributed by atoms with E-state index in [0.717, 1.165) is 0 Å². The van der Waals surface area contributed by atoms with Crippen molar-refractivity contribution >= 4 is 35.5 Å². The molecule has 0 aliphatic carbocycles. The summed E-state index contributed by atoms with van der Waals surface area (Å²) in [6, 6.07) is 0. The third-order valence-electron chi connectivity index (χ3n) is 3.62. The molecule has 0 aromatic carbocycles. The van der Waals surface area contributed by atoms with Crippen molar-refractivity contribution in [2.75, 3.05) is 12.3 Å². The van der Waals surface area contributed by atoms with E-state index in [-0.39, 0.29) is 12.4 Å². The van der Waals surface area contributed by atoms with Crippen LogP contribution >= 0.6 is 6.72 Å². The fraction of sp³-hybridized carbons (Fsp3) is 0.500. The summed E-state index contributed by atoms with van der Waals surface area (Å²) in [6.45, 7) is -3.59. The average Bonchev–Trinajstić information content (AvgIpc) is 3.01. The molecule has 0 spiro atoms. The first-order valence-electron chi connectivity index (χ1n) is 6.37. The molecule has 118 valence electrons. The standard InChI is InChI=1S/C10H12N5O5PS/c11-8-5-9(13-2-12-8)15(3-14-5)10-6(16)7-4(19-10)1-18-21(17,22)20-7/h2-4,6-7,10,16H,1H2,(H,17,22)(H2,11,12,13)/p-1. The molecule has 2 aromatic heterocycles. The second-order valence-electron chi connectivity index (χ2n) is 4.95. The van der Waals surface area contributed by atoms with Gasteiger partial charge in [-0.1, -0.05) is 11.8 Å². The van der Waals surface area contributed by atoms with E-state index in [1.54, 1.807) is 0 Å². The van der Waals surface area contributed by atoms with E-state index >= 15 is 0 Å². The molecule has 0 saturated carbocycles. The largest absolute Gasteiger partial charge is 0.780 e. The van der Waals surface area contributed by atoms with Crippen molar-refractivity contribution in [2.45, 2.75) is 24.5 Å². The first-order chi connectivity index (χ1) is 10.5. The molecule has 4 heterocycles. The monoisotopic (exact) mass is 344 g/mol. The van der Waals surface area contributed by atoms with Gasteiger partial charge in [0.25, 0.3) is 0 Å². The molecule has 0 bridgehead atoms. The molecule has 4 rings (SSSR count). The third-order valence-corrected chi connectivity index (χ3v) is 5.16. The molecule has 0 radical (unpaired) electrons. The van der Waals surface area contributed by atoms with E-state index in [9.17, 15) is 10.00 Å². The van der Waals surface area contributed by atoms with E-state index in [0.29, 0.717) is 11.2 Å². The van der Waals surface area contributed by atoms with Crippen LogP contribution in [0, 0.1) is 0 Å². The number of rotatable bonds is 1. The van der Waals surface area contributed by atoms with Crippen LogP contribution in [-0.4, -0.2) is 49.5 Å². The van der Waals surface area contributed by atoms with Crippen molar-refractivity contribution in [3.63, 3.8) is 0 Å². The zero-order valence-electron chi connectivity index (χ0n) is 11.0. The smallest absolute Gasteiger partial charge is 0.167 e. The van der Waals surface area contributed by atoms with Gasteiger partial charge in [0.05, 0.1) is 12.9 Å². The quantitative estimate of drug-likeness (QED) is 0.597. The Morgan fingerprint density at radius 2 is 2.27 bits per heavy atom. The number of aliphatic hydroxyl groups is 1. The van der Waals surface area contributed by atoms with E-state index in [1.807, 2.05) is 0 Å². The number of hydrogen-bond acceptors (Lipinski definition) is 10. The fourth-order valence-electron chi connectivity index (χ4n) is 2.61. The Morgan fingerprint density at radius 1 is 1.45 bits per heavy atom. The molecule has 0 amide bonds. The molecule has 2 aliphatic heterocycles. The minimum atomic E-state index is -3.58. The summed E-state index contributed by atoms with van der Waals surface area (Å²) in [6.07, 6.45) is -0.610. The summed E-state index contributed by atoms with van der Waals surface area (Å²) in [5.74, 6) is 0.225. The normalized spacial score (nSPS) is 38.3. The molecule has 2 saturated heterocycles. The molecule has 5 atom stereocenters. The lowest BCUT2D eigenvalue weighted by atomic mass is 10.1. The highest BCUT2D eigenvalue weighted by molar-refractivity contribution is 8.06. The van der Waals surface area contributed by atoms with Gasteiger partial charge in [-0.3, -0.25) is 4.57 Å². The number of nitrogens with two attached hydrogens (primary N) is 1. The number of aliphatic hydroxyl groups excluding tert-OH is 1. The highest BCUT2D eigenvalue weighted by Crippen LogP contribution is 2.49. The minimum absolute atomic E-state index is 0.0112. The fourth-order valence-corrected chi connectivity index (χ4v) is 4.04. The molecule has 3 N–H and O–H groups in total. The van der Waals surface area contributed by atoms with Crippen LogP contribution in [0.15, 0.2) is 12.7 Å². The van der Waals surface area contributed by atoms with E-state index in [4.69, 9.17) is 31.3 Å². The number of anilines is 1. The number of imidazole rings is 1. The first kappa shape index (κ1) is 14.4. The second kappa shape index (κ2) is 4.90. The van der Waals surface area contributed by atoms with Gasteiger partial charge in [-0.15, -0.1) is 0 Å². The van der Waals surface area contributed by atoms with E-state index in [2.05, 4.69) is 15.0 Å². The van der Waals surface area contributed by atoms with Crippen LogP contribution in [0.25, 0.3) is 11.2 Å². The Kier molecular flexibility index (Phi) is 3.20. The molecule has 22 heavy (non-hydrogen) atoms. The van der Waals surface area contributed by atoms with Crippen LogP contribution in [0.5, 0.6) is 0 Å². The lowest BCUT2D eigenvalue weighted by molar-refractivity contribution is -0.227. The highest BCUT2D eigenvalue weighted by atomic mass is 32.5. The van der Waals surface area contributed by atoms with Crippen LogP contribution in [0.4, 0.5) is 5.82 Å². The average molecular weight is 344 g/mol. The summed E-state index contributed by atoms with van der Waals surface area (Å²) in [7, 11) is 0. The minimum Gasteiger partial charge on any atom is -0.780 e. The number of nitrogen functional groups attached to an aromatic ring is 1. The Labute approximate surface area is 129 Å². The molecule has 12 heteroatoms. The highest BCUT2D eigenvalue weighted by Gasteiger charge is 2.49. The number of aromatic nitrogens is 4. The summed E-state index contributed by atoms with van der Waals surface area (Å²) < 4.78 is 17.3. The number of fused-ring (bicyclic) bond motifs is 2. The van der Waals surface area contributed by atoms with Crippen molar-refractivity contribution in [1.82, 2.24) is 19.5 Å². The number of hydrogen-bond donors (Lipinski definition) is 2. The molecular weight excluding hydrogens is 333 g/mol. The maximum absolute atomic E-state index is 11.7. The SMILES string of the molecule is Nc1ncnc2c1ncn2C1OC2COP([O-])(=S)OC2C1O. The van der Waals surface area contributed by atoms with Gasteiger partial charge in [0, 0.05) is 0 Å². The van der Waals surface area contributed by atoms with Crippen molar-refractivity contribution in [2.24, 2.45) is 0 Å². The first-order valence-corrected chi connectivity index (χ1v) is 8.92. The van der Waals surface area contributed by atoms with Gasteiger partial charge in [0.15, 0.2) is 17.7 Å². The van der Waals surface area contributed by atoms with E-state index < -0.39 is 31.3 Å². The van der Waals surface area contributed by atoms with Gasteiger partial charge in [0.1, 0.15) is 36.9 Å². The summed E-state index contributed by atoms with van der Waals surface area (Å²) >= 11 is 4.69. The molecule has 10 nitrogen and oxygen atoms in total. The Morgan fingerprint density at radius 3 is 3.09 bits per heavy atom. The van der Waals surface area contributed by atoms with Crippen molar-refractivity contribution in [3.8, 4) is 0 Å². The molecule has 2 aromatic rings. The van der Waals surface area contributed by atoms with Crippen molar-refractivity contribution in [3.05, 3.63) is 12.7 Å². The van der Waals surface area contributed by atoms with Crippen LogP contribution in [-0.2, 0) is 25.6 Å². The number of nitrogens with zero attached hydrogens (tertiary/aromatic N) is 4. The van der Waals surface area contributed by atoms with Gasteiger partial charge in [0.2, 0.25) is 0 Å². The number of ether oxygens (including phenoxy) is 1. The maximum Gasteiger partial charge on any atom is 0.167 e. The van der Waals surface area contributed by atoms with Crippen LogP contribution in [0.3, 0.4) is 0 Å². The van der Waals surface area contributed by atoms with Gasteiger partial charge >= 0.3 is 0 Å².